The summed E-state index contributed by atoms with van der Waals surface area (Å²) >= 11 is 1.87. The first-order chi connectivity index (χ1) is 43.6. The summed E-state index contributed by atoms with van der Waals surface area (Å²) < 4.78 is 49.3. The van der Waals surface area contributed by atoms with E-state index in [1.54, 1.807) is 11.9 Å². The van der Waals surface area contributed by atoms with Gasteiger partial charge in [-0.1, -0.05) is 25.8 Å². The van der Waals surface area contributed by atoms with E-state index in [0.29, 0.717) is 103 Å². The number of fused-ring (bicyclic) bond motifs is 1. The predicted molar refractivity (Wildman–Crippen MR) is 328 cm³/mol. The first kappa shape index (κ1) is 74.5. The van der Waals surface area contributed by atoms with Gasteiger partial charge in [0.25, 0.3) is 0 Å². The minimum absolute atomic E-state index is 0.0817. The van der Waals surface area contributed by atoms with Crippen LogP contribution in [0.3, 0.4) is 0 Å². The molecule has 4 heterocycles. The van der Waals surface area contributed by atoms with Gasteiger partial charge in [0.2, 0.25) is 24.2 Å². The van der Waals surface area contributed by atoms with Crippen molar-refractivity contribution in [2.45, 2.75) is 160 Å². The molecule has 1 aromatic rings. The minimum Gasteiger partial charge on any atom is -0.466 e. The second kappa shape index (κ2) is 39.2. The minimum atomic E-state index is -1.75. The van der Waals surface area contributed by atoms with Crippen molar-refractivity contribution in [3.63, 3.8) is 0 Å². The van der Waals surface area contributed by atoms with E-state index in [1.807, 2.05) is 23.6 Å². The monoisotopic (exact) mass is 1300 g/mol. The van der Waals surface area contributed by atoms with Gasteiger partial charge in [0.05, 0.1) is 37.3 Å². The normalized spacial score (nSPS) is 22.7. The molecule has 91 heavy (non-hydrogen) atoms. The number of unbranched alkanes of at least 4 members (excludes halogenated alkanes) is 3. The molecule has 9 atom stereocenters. The molecule has 0 bridgehead atoms. The summed E-state index contributed by atoms with van der Waals surface area (Å²) in [7, 11) is 3.10. The molecular weight excluding hydrogens is 1210 g/mol. The van der Waals surface area contributed by atoms with Crippen LogP contribution >= 0.6 is 11.8 Å². The summed E-state index contributed by atoms with van der Waals surface area (Å²) in [5.74, 6) is -0.600. The van der Waals surface area contributed by atoms with Gasteiger partial charge in [-0.15, -0.1) is 0 Å². The van der Waals surface area contributed by atoms with Gasteiger partial charge in [-0.25, -0.2) is 14.4 Å². The van der Waals surface area contributed by atoms with Crippen LogP contribution in [0.25, 0.3) is 0 Å². The van der Waals surface area contributed by atoms with E-state index >= 15 is 0 Å². The van der Waals surface area contributed by atoms with E-state index in [1.165, 1.54) is 19.2 Å². The van der Waals surface area contributed by atoms with Gasteiger partial charge in [0.1, 0.15) is 25.4 Å². The number of esters is 5. The number of ether oxygens (including phenoxy) is 9. The number of benzene rings is 1. The molecule has 0 radical (unpaired) electrons. The second-order valence-corrected chi connectivity index (χ2v) is 23.7. The Labute approximate surface area is 535 Å². The molecule has 0 saturated carbocycles. The highest BCUT2D eigenvalue weighted by Crippen LogP contribution is 2.36. The van der Waals surface area contributed by atoms with Crippen molar-refractivity contribution in [3.05, 3.63) is 33.9 Å². The van der Waals surface area contributed by atoms with E-state index in [4.69, 9.17) is 42.6 Å². The van der Waals surface area contributed by atoms with E-state index in [-0.39, 0.29) is 48.5 Å². The number of nitrogens with zero attached hydrogens (tertiary/aromatic N) is 6. The predicted octanol–water partition coefficient (Wildman–Crippen LogP) is 2.27. The van der Waals surface area contributed by atoms with Crippen LogP contribution in [0.15, 0.2) is 18.2 Å². The van der Waals surface area contributed by atoms with E-state index in [9.17, 15) is 53.3 Å². The Hall–Kier alpha value is -7.24. The lowest BCUT2D eigenvalue weighted by atomic mass is 9.98. The Bertz CT molecular complexity index is 2670. The molecule has 30 nitrogen and oxygen atoms in total. The smallest absolute Gasteiger partial charge is 0.407 e. The molecule has 5 rings (SSSR count). The summed E-state index contributed by atoms with van der Waals surface area (Å²) in [6.07, 6.45) is -0.837. The van der Waals surface area contributed by atoms with Crippen molar-refractivity contribution in [1.29, 1.82) is 0 Å². The first-order valence-corrected chi connectivity index (χ1v) is 32.1. The van der Waals surface area contributed by atoms with Gasteiger partial charge in [0, 0.05) is 137 Å². The lowest BCUT2D eigenvalue weighted by Gasteiger charge is -2.43. The lowest BCUT2D eigenvalue weighted by molar-refractivity contribution is -0.387. The Kier molecular flexibility index (Phi) is 32.1. The van der Waals surface area contributed by atoms with Gasteiger partial charge in [-0.2, -0.15) is 11.8 Å². The van der Waals surface area contributed by atoms with Crippen LogP contribution in [0.1, 0.15) is 105 Å². The average molecular weight is 1310 g/mol. The number of urea groups is 1. The van der Waals surface area contributed by atoms with Crippen LogP contribution in [0.2, 0.25) is 0 Å². The number of nitrogens with one attached hydrogen (secondary N) is 4. The van der Waals surface area contributed by atoms with Crippen molar-refractivity contribution in [2.75, 3.05) is 118 Å². The highest BCUT2D eigenvalue weighted by atomic mass is 32.2. The van der Waals surface area contributed by atoms with Gasteiger partial charge < -0.3 is 73.7 Å². The van der Waals surface area contributed by atoms with Crippen molar-refractivity contribution < 1.29 is 90.7 Å². The molecule has 0 aromatic heterocycles. The van der Waals surface area contributed by atoms with E-state index in [2.05, 4.69) is 54.9 Å². The van der Waals surface area contributed by atoms with Crippen LogP contribution in [0.4, 0.5) is 15.3 Å². The number of nitro benzene ring substituents is 1. The summed E-state index contributed by atoms with van der Waals surface area (Å²) in [6, 6.07) is 3.92. The summed E-state index contributed by atoms with van der Waals surface area (Å²) in [6.45, 7) is 14.0. The van der Waals surface area contributed by atoms with E-state index < -0.39 is 102 Å². The number of nitro groups is 1. The number of carbonyl (C=O) groups is 9. The van der Waals surface area contributed by atoms with Gasteiger partial charge in [-0.3, -0.25) is 53.6 Å². The molecule has 0 spiro atoms. The fraction of sp³-hybridized carbons (Fsp3) is 0.717. The maximum absolute atomic E-state index is 13.5. The number of carbonyl (C=O) groups excluding carboxylic acids is 9. The summed E-state index contributed by atoms with van der Waals surface area (Å²) in [5.41, 5.74) is -0.424. The first-order valence-electron chi connectivity index (χ1n) is 31.0. The molecule has 31 heteroatoms. The van der Waals surface area contributed by atoms with Gasteiger partial charge >= 0.3 is 47.7 Å². The van der Waals surface area contributed by atoms with Gasteiger partial charge in [0.15, 0.2) is 24.1 Å². The lowest BCUT2D eigenvalue weighted by Crippen LogP contribution is -2.63. The third-order valence-corrected chi connectivity index (χ3v) is 17.0. The SMILES string of the molecule is CCCN1CCN(CCNC(=O)OCc2ccc(OC3OC(COC(C)=O)C(OC(C)=O)C(OC(C)=O)C3OC(C)=O)c([N+](=O)[O-])c2)CCN(CC#COCC)CCN(C(NC(=O)CCCCCN(C)C(=O)CCCCC2SCC3NC(=O)NC32)C(=O)OC)CC1. The quantitative estimate of drug-likeness (QED) is 0.0158. The molecule has 4 saturated heterocycles. The Morgan fingerprint density at radius 2 is 1.47 bits per heavy atom. The fourth-order valence-electron chi connectivity index (χ4n) is 10.8. The Morgan fingerprint density at radius 1 is 0.813 bits per heavy atom. The number of alkyl carbamates (subject to hydrolysis) is 1. The zero-order valence-corrected chi connectivity index (χ0v) is 54.4. The van der Waals surface area contributed by atoms with Crippen LogP contribution in [-0.4, -0.2) is 256 Å². The largest absolute Gasteiger partial charge is 0.466 e. The fourth-order valence-corrected chi connectivity index (χ4v) is 12.4. The number of thioether (sulfide) groups is 1. The molecule has 4 N–H and O–H groups in total. The standard InChI is InChI=1S/C60H92N10O20S/c1-9-23-66-27-29-68(26-22-61-60(79)85-37-44-20-21-47(46(36-44)70(80)81)89-58-55(88-43(6)74)54(87-42(5)73)53(86-41(4)72)48(90-58)38-84-40(3)71)30-28-67(25-16-35-83-10-2)32-34-69(33-31-66)56(57(77)82-8)63-50(75)18-12-11-15-24-65(7)51(76)19-14-13-17-49-52-45(39-91-49)62-59(78)64-52/h20-21,36,45,48-49,52-56,58H,9-15,17-19,22-34,37-39H2,1-8H3,(H,61,79)(H,63,75)(H2,62,64,78). The van der Waals surface area contributed by atoms with Crippen molar-refractivity contribution in [2.24, 2.45) is 0 Å². The highest BCUT2D eigenvalue weighted by Gasteiger charge is 2.54. The molecule has 4 fully saturated rings. The maximum Gasteiger partial charge on any atom is 0.407 e. The number of methoxy groups -OCH3 is 1. The number of amides is 5. The van der Waals surface area contributed by atoms with Gasteiger partial charge in [-0.05, 0) is 63.1 Å². The third kappa shape index (κ3) is 25.8. The van der Waals surface area contributed by atoms with E-state index in [0.717, 1.165) is 78.2 Å². The summed E-state index contributed by atoms with van der Waals surface area (Å²) in [5, 5.41) is 24.5. The molecular formula is C60H92N10O20S. The zero-order valence-electron chi connectivity index (χ0n) is 53.6. The zero-order chi connectivity index (χ0) is 66.4. The van der Waals surface area contributed by atoms with Crippen molar-refractivity contribution in [1.82, 2.24) is 45.8 Å². The molecule has 1 aromatic carbocycles. The molecule has 9 unspecified atom stereocenters. The van der Waals surface area contributed by atoms with Crippen LogP contribution in [0.5, 0.6) is 5.75 Å². The Balaban J connectivity index is 1.14. The molecule has 4 aliphatic heterocycles. The maximum atomic E-state index is 13.5. The van der Waals surface area contributed by atoms with Crippen molar-refractivity contribution >= 4 is 71.2 Å². The molecule has 4 aliphatic rings. The number of hydrogen-bond acceptors (Lipinski definition) is 25. The number of hydrogen-bond donors (Lipinski definition) is 4. The number of rotatable bonds is 31. The molecule has 5 amide bonds. The van der Waals surface area contributed by atoms with Crippen LogP contribution in [0, 0.1) is 22.1 Å². The molecule has 0 aliphatic carbocycles. The topological polar surface area (TPSA) is 344 Å². The van der Waals surface area contributed by atoms with Crippen LogP contribution < -0.4 is 26.0 Å². The molecule has 508 valence electrons. The third-order valence-electron chi connectivity index (χ3n) is 15.5. The average Bonchev–Trinajstić information content (AvgIpc) is 1.85. The summed E-state index contributed by atoms with van der Waals surface area (Å²) in [4.78, 5) is 135. The second-order valence-electron chi connectivity index (χ2n) is 22.4. The van der Waals surface area contributed by atoms with Crippen LogP contribution in [-0.2, 0) is 78.1 Å². The van der Waals surface area contributed by atoms with Crippen molar-refractivity contribution in [3.8, 4) is 17.8 Å². The highest BCUT2D eigenvalue weighted by molar-refractivity contribution is 8.00. The Morgan fingerprint density at radius 3 is 2.14 bits per heavy atom.